The van der Waals surface area contributed by atoms with E-state index >= 15 is 0 Å². The number of hydrogen-bond acceptors (Lipinski definition) is 7. The highest BCUT2D eigenvalue weighted by molar-refractivity contribution is 5.95. The van der Waals surface area contributed by atoms with Crippen LogP contribution in [0.3, 0.4) is 0 Å². The number of carbonyl (C=O) groups excluding carboxylic acids is 3. The van der Waals surface area contributed by atoms with E-state index in [2.05, 4.69) is 5.32 Å². The van der Waals surface area contributed by atoms with Crippen molar-refractivity contribution in [2.75, 3.05) is 19.8 Å². The quantitative estimate of drug-likeness (QED) is 0.240. The maximum Gasteiger partial charge on any atom is 0.409 e. The largest absolute Gasteiger partial charge is 0.465 e. The maximum atomic E-state index is 12.6. The summed E-state index contributed by atoms with van der Waals surface area (Å²) in [5.41, 5.74) is 0.843. The molecule has 1 amide bonds. The van der Waals surface area contributed by atoms with E-state index in [0.29, 0.717) is 0 Å². The number of amides is 1. The van der Waals surface area contributed by atoms with Crippen LogP contribution in [0.25, 0.3) is 0 Å². The lowest BCUT2D eigenvalue weighted by Crippen LogP contribution is -2.50. The minimum absolute atomic E-state index is 0.0368. The van der Waals surface area contributed by atoms with Crippen LogP contribution in [0.2, 0.25) is 0 Å². The number of benzene rings is 1. The van der Waals surface area contributed by atoms with Crippen molar-refractivity contribution < 1.29 is 33.3 Å². The van der Waals surface area contributed by atoms with Gasteiger partial charge in [-0.1, -0.05) is 30.3 Å². The Balaban J connectivity index is 2.15. The Hall–Kier alpha value is -2.61. The highest BCUT2D eigenvalue weighted by Crippen LogP contribution is 2.43. The van der Waals surface area contributed by atoms with E-state index in [1.54, 1.807) is 20.8 Å². The van der Waals surface area contributed by atoms with Crippen molar-refractivity contribution in [2.45, 2.75) is 46.4 Å². The second-order valence-electron chi connectivity index (χ2n) is 6.98. The molecular weight excluding hydrogens is 390 g/mol. The second-order valence-corrected chi connectivity index (χ2v) is 6.98. The summed E-state index contributed by atoms with van der Waals surface area (Å²) in [4.78, 5) is 37.6. The average molecular weight is 421 g/mol. The third kappa shape index (κ3) is 7.02. The summed E-state index contributed by atoms with van der Waals surface area (Å²) in [7, 11) is 0. The fourth-order valence-electron chi connectivity index (χ4n) is 3.36. The molecule has 0 heterocycles. The maximum absolute atomic E-state index is 12.6. The van der Waals surface area contributed by atoms with E-state index in [-0.39, 0.29) is 32.3 Å². The van der Waals surface area contributed by atoms with Gasteiger partial charge in [-0.2, -0.15) is 0 Å². The Kier molecular flexibility index (Phi) is 9.60. The van der Waals surface area contributed by atoms with Gasteiger partial charge in [0.05, 0.1) is 13.2 Å². The summed E-state index contributed by atoms with van der Waals surface area (Å²) in [5, 5.41) is 2.69. The molecular formula is C22H31NO7. The Morgan fingerprint density at radius 3 is 2.03 bits per heavy atom. The lowest BCUT2D eigenvalue weighted by Gasteiger charge is -2.31. The molecule has 1 aliphatic carbocycles. The van der Waals surface area contributed by atoms with Crippen molar-refractivity contribution in [3.05, 3.63) is 35.9 Å². The van der Waals surface area contributed by atoms with Gasteiger partial charge in [-0.25, -0.2) is 4.79 Å². The molecule has 0 radical (unpaired) electrons. The Morgan fingerprint density at radius 2 is 1.53 bits per heavy atom. The molecule has 2 unspecified atom stereocenters. The molecule has 1 saturated carbocycles. The summed E-state index contributed by atoms with van der Waals surface area (Å²) in [6.45, 7) is 5.77. The van der Waals surface area contributed by atoms with E-state index in [0.717, 1.165) is 18.4 Å². The van der Waals surface area contributed by atoms with Crippen molar-refractivity contribution in [1.29, 1.82) is 0 Å². The summed E-state index contributed by atoms with van der Waals surface area (Å²) in [5.74, 6) is -3.08. The first-order chi connectivity index (χ1) is 14.5. The van der Waals surface area contributed by atoms with E-state index in [1.165, 1.54) is 0 Å². The molecule has 0 saturated heterocycles. The van der Waals surface area contributed by atoms with Gasteiger partial charge in [0.15, 0.2) is 5.92 Å². The molecule has 166 valence electrons. The summed E-state index contributed by atoms with van der Waals surface area (Å²) in [6, 6.07) is 9.27. The van der Waals surface area contributed by atoms with Gasteiger partial charge in [-0.05, 0) is 45.1 Å². The first-order valence-corrected chi connectivity index (χ1v) is 10.4. The van der Waals surface area contributed by atoms with Gasteiger partial charge in [0.25, 0.3) is 0 Å². The number of rotatable bonds is 12. The van der Waals surface area contributed by atoms with Crippen LogP contribution in [-0.2, 0) is 35.1 Å². The fourth-order valence-corrected chi connectivity index (χ4v) is 3.36. The van der Waals surface area contributed by atoms with Gasteiger partial charge in [0.2, 0.25) is 0 Å². The molecule has 0 aromatic heterocycles. The van der Waals surface area contributed by atoms with E-state index < -0.39 is 36.1 Å². The van der Waals surface area contributed by atoms with Gasteiger partial charge < -0.3 is 18.9 Å². The van der Waals surface area contributed by atoms with Gasteiger partial charge in [-0.3, -0.25) is 14.9 Å². The highest BCUT2D eigenvalue weighted by atomic mass is 16.6. The van der Waals surface area contributed by atoms with Crippen LogP contribution in [0.5, 0.6) is 0 Å². The molecule has 0 bridgehead atoms. The number of carbonyl (C=O) groups is 3. The Labute approximate surface area is 177 Å². The fraction of sp³-hybridized carbons (Fsp3) is 0.591. The van der Waals surface area contributed by atoms with Crippen LogP contribution >= 0.6 is 0 Å². The molecule has 2 rings (SSSR count). The Morgan fingerprint density at radius 1 is 0.933 bits per heavy atom. The minimum Gasteiger partial charge on any atom is -0.465 e. The van der Waals surface area contributed by atoms with Gasteiger partial charge >= 0.3 is 18.0 Å². The number of hydrogen-bond donors (Lipinski definition) is 1. The molecule has 1 fully saturated rings. The molecule has 0 aliphatic heterocycles. The molecule has 1 aromatic carbocycles. The van der Waals surface area contributed by atoms with E-state index in [1.807, 2.05) is 30.3 Å². The second kappa shape index (κ2) is 12.2. The number of nitrogens with one attached hydrogen (secondary N) is 1. The van der Waals surface area contributed by atoms with Crippen LogP contribution in [0.4, 0.5) is 4.79 Å². The topological polar surface area (TPSA) is 100 Å². The van der Waals surface area contributed by atoms with E-state index in [4.69, 9.17) is 18.9 Å². The summed E-state index contributed by atoms with van der Waals surface area (Å²) < 4.78 is 21.3. The zero-order valence-electron chi connectivity index (χ0n) is 17.8. The van der Waals surface area contributed by atoms with Crippen molar-refractivity contribution in [3.63, 3.8) is 0 Å². The molecule has 1 aliphatic rings. The first kappa shape index (κ1) is 23.7. The molecule has 1 aromatic rings. The normalized spacial score (nSPS) is 15.2. The van der Waals surface area contributed by atoms with Crippen molar-refractivity contribution >= 4 is 18.0 Å². The first-order valence-electron chi connectivity index (χ1n) is 10.4. The van der Waals surface area contributed by atoms with Crippen LogP contribution in [0.15, 0.2) is 30.3 Å². The van der Waals surface area contributed by atoms with E-state index in [9.17, 15) is 14.4 Å². The minimum atomic E-state index is -1.18. The predicted molar refractivity (Wildman–Crippen MR) is 108 cm³/mol. The third-order valence-electron chi connectivity index (χ3n) is 4.80. The van der Waals surface area contributed by atoms with Gasteiger partial charge in [0, 0.05) is 12.5 Å². The molecule has 8 nitrogen and oxygen atoms in total. The van der Waals surface area contributed by atoms with Crippen molar-refractivity contribution in [1.82, 2.24) is 5.32 Å². The monoisotopic (exact) mass is 421 g/mol. The zero-order valence-corrected chi connectivity index (χ0v) is 17.8. The lowest BCUT2D eigenvalue weighted by molar-refractivity contribution is -0.169. The van der Waals surface area contributed by atoms with Crippen LogP contribution in [-0.4, -0.2) is 44.1 Å². The number of alkyl carbamates (subject to hydrolysis) is 1. The van der Waals surface area contributed by atoms with Gasteiger partial charge in [-0.15, -0.1) is 0 Å². The lowest BCUT2D eigenvalue weighted by atomic mass is 9.86. The molecule has 30 heavy (non-hydrogen) atoms. The number of esters is 2. The summed E-state index contributed by atoms with van der Waals surface area (Å²) >= 11 is 0. The average Bonchev–Trinajstić information content (AvgIpc) is 3.56. The predicted octanol–water partition coefficient (Wildman–Crippen LogP) is 3.04. The van der Waals surface area contributed by atoms with Crippen molar-refractivity contribution in [3.8, 4) is 0 Å². The SMILES string of the molecule is CCOC(=O)C(C(=O)OCC)C(C1CC1)C(NC(=O)OCc1ccccc1)OCC. The molecule has 1 N–H and O–H groups in total. The van der Waals surface area contributed by atoms with Crippen LogP contribution in [0.1, 0.15) is 39.2 Å². The zero-order chi connectivity index (χ0) is 21.9. The van der Waals surface area contributed by atoms with Crippen molar-refractivity contribution in [2.24, 2.45) is 17.8 Å². The number of ether oxygens (including phenoxy) is 4. The highest BCUT2D eigenvalue weighted by Gasteiger charge is 2.50. The standard InChI is InChI=1S/C22H31NO7/c1-4-27-19(23-22(26)30-14-15-10-8-7-9-11-15)17(16-12-13-16)18(20(24)28-5-2)21(25)29-6-3/h7-11,16-19H,4-6,12-14H2,1-3H3,(H,23,26). The summed E-state index contributed by atoms with van der Waals surface area (Å²) in [6.07, 6.45) is 0.0770. The smallest absolute Gasteiger partial charge is 0.409 e. The molecule has 2 atom stereocenters. The molecule has 0 spiro atoms. The molecule has 8 heteroatoms. The Bertz CT molecular complexity index is 672. The van der Waals surface area contributed by atoms with Crippen LogP contribution < -0.4 is 5.32 Å². The van der Waals surface area contributed by atoms with Crippen LogP contribution in [0, 0.1) is 17.8 Å². The van der Waals surface area contributed by atoms with Gasteiger partial charge in [0.1, 0.15) is 12.8 Å². The third-order valence-corrected chi connectivity index (χ3v) is 4.80.